The molecule has 0 aliphatic carbocycles. The molecule has 1 heterocycles. The van der Waals surface area contributed by atoms with Crippen molar-refractivity contribution in [1.29, 1.82) is 0 Å². The molecule has 2 N–H and O–H groups in total. The quantitative estimate of drug-likeness (QED) is 0.889. The predicted molar refractivity (Wildman–Crippen MR) is 68.1 cm³/mol. The van der Waals surface area contributed by atoms with E-state index in [4.69, 9.17) is 0 Å². The predicted octanol–water partition coefficient (Wildman–Crippen LogP) is 2.05. The SMILES string of the molecule is Cc1nc(C(=O)NC(C)c2ccc(C)c(F)c2)n[nH]1. The highest BCUT2D eigenvalue weighted by atomic mass is 19.1. The molecule has 2 rings (SSSR count). The van der Waals surface area contributed by atoms with Gasteiger partial charge in [0.1, 0.15) is 11.6 Å². The van der Waals surface area contributed by atoms with Crippen molar-refractivity contribution in [3.05, 3.63) is 46.8 Å². The van der Waals surface area contributed by atoms with Crippen LogP contribution >= 0.6 is 0 Å². The Kier molecular flexibility index (Phi) is 3.59. The highest BCUT2D eigenvalue weighted by molar-refractivity contribution is 5.90. The standard InChI is InChI=1S/C13H15FN4O/c1-7-4-5-10(6-11(7)14)8(2)15-13(19)12-16-9(3)17-18-12/h4-6,8H,1-3H3,(H,15,19)(H,16,17,18). The molecule has 0 aliphatic heterocycles. The lowest BCUT2D eigenvalue weighted by Gasteiger charge is -2.13. The number of aromatic nitrogens is 3. The molecule has 19 heavy (non-hydrogen) atoms. The molecule has 1 unspecified atom stereocenters. The van der Waals surface area contributed by atoms with Crippen LogP contribution in [-0.2, 0) is 0 Å². The molecule has 0 spiro atoms. The number of aromatic amines is 1. The van der Waals surface area contributed by atoms with E-state index in [1.165, 1.54) is 6.07 Å². The van der Waals surface area contributed by atoms with Gasteiger partial charge in [-0.3, -0.25) is 9.89 Å². The van der Waals surface area contributed by atoms with Crippen LogP contribution in [0.2, 0.25) is 0 Å². The Morgan fingerprint density at radius 2 is 2.16 bits per heavy atom. The summed E-state index contributed by atoms with van der Waals surface area (Å²) in [5, 5.41) is 9.09. The van der Waals surface area contributed by atoms with Crippen LogP contribution in [0.4, 0.5) is 4.39 Å². The molecule has 0 radical (unpaired) electrons. The van der Waals surface area contributed by atoms with E-state index in [0.29, 0.717) is 17.0 Å². The maximum absolute atomic E-state index is 13.5. The van der Waals surface area contributed by atoms with Crippen LogP contribution in [0.5, 0.6) is 0 Å². The van der Waals surface area contributed by atoms with Crippen molar-refractivity contribution in [3.63, 3.8) is 0 Å². The lowest BCUT2D eigenvalue weighted by molar-refractivity contribution is 0.0929. The number of rotatable bonds is 3. The molecule has 2 aromatic rings. The van der Waals surface area contributed by atoms with Crippen molar-refractivity contribution in [2.24, 2.45) is 0 Å². The first-order valence-corrected chi connectivity index (χ1v) is 5.93. The summed E-state index contributed by atoms with van der Waals surface area (Å²) in [5.41, 5.74) is 1.27. The van der Waals surface area contributed by atoms with E-state index in [9.17, 15) is 9.18 Å². The number of benzene rings is 1. The Bertz CT molecular complexity index is 608. The number of carbonyl (C=O) groups is 1. The second-order valence-electron chi connectivity index (χ2n) is 4.45. The minimum atomic E-state index is -0.391. The maximum Gasteiger partial charge on any atom is 0.291 e. The van der Waals surface area contributed by atoms with Crippen LogP contribution in [0.15, 0.2) is 18.2 Å². The third-order valence-electron chi connectivity index (χ3n) is 2.84. The molecule has 100 valence electrons. The van der Waals surface area contributed by atoms with Gasteiger partial charge < -0.3 is 5.32 Å². The van der Waals surface area contributed by atoms with Crippen molar-refractivity contribution < 1.29 is 9.18 Å². The van der Waals surface area contributed by atoms with E-state index in [-0.39, 0.29) is 17.7 Å². The van der Waals surface area contributed by atoms with Gasteiger partial charge >= 0.3 is 0 Å². The van der Waals surface area contributed by atoms with Crippen molar-refractivity contribution in [1.82, 2.24) is 20.5 Å². The fourth-order valence-corrected chi connectivity index (χ4v) is 1.67. The third-order valence-corrected chi connectivity index (χ3v) is 2.84. The van der Waals surface area contributed by atoms with Gasteiger partial charge in [0, 0.05) is 0 Å². The van der Waals surface area contributed by atoms with E-state index in [1.807, 2.05) is 0 Å². The van der Waals surface area contributed by atoms with Gasteiger partial charge in [0.15, 0.2) is 0 Å². The van der Waals surface area contributed by atoms with Gasteiger partial charge in [0.05, 0.1) is 6.04 Å². The van der Waals surface area contributed by atoms with Gasteiger partial charge in [-0.25, -0.2) is 9.37 Å². The Hall–Kier alpha value is -2.24. The summed E-state index contributed by atoms with van der Waals surface area (Å²) in [7, 11) is 0. The van der Waals surface area contributed by atoms with E-state index < -0.39 is 5.91 Å². The second-order valence-corrected chi connectivity index (χ2v) is 4.45. The Labute approximate surface area is 110 Å². The topological polar surface area (TPSA) is 70.7 Å². The smallest absolute Gasteiger partial charge is 0.291 e. The van der Waals surface area contributed by atoms with E-state index in [1.54, 1.807) is 32.9 Å². The third kappa shape index (κ3) is 2.96. The average Bonchev–Trinajstić information content (AvgIpc) is 2.79. The highest BCUT2D eigenvalue weighted by Crippen LogP contribution is 2.16. The number of aryl methyl sites for hydroxylation is 2. The summed E-state index contributed by atoms with van der Waals surface area (Å²) in [6.45, 7) is 5.18. The molecule has 1 amide bonds. The fourth-order valence-electron chi connectivity index (χ4n) is 1.67. The number of carbonyl (C=O) groups excluding carboxylic acids is 1. The van der Waals surface area contributed by atoms with Crippen LogP contribution in [0.3, 0.4) is 0 Å². The molecule has 0 saturated heterocycles. The number of hydrogen-bond donors (Lipinski definition) is 2. The second kappa shape index (κ2) is 5.17. The molecular formula is C13H15FN4O. The molecule has 0 fully saturated rings. The Morgan fingerprint density at radius 3 is 2.74 bits per heavy atom. The van der Waals surface area contributed by atoms with Crippen molar-refractivity contribution in [2.45, 2.75) is 26.8 Å². The molecule has 0 saturated carbocycles. The monoisotopic (exact) mass is 262 g/mol. The van der Waals surface area contributed by atoms with E-state index in [0.717, 1.165) is 0 Å². The van der Waals surface area contributed by atoms with Gasteiger partial charge in [-0.05, 0) is 38.0 Å². The molecule has 5 nitrogen and oxygen atoms in total. The zero-order valence-electron chi connectivity index (χ0n) is 11.0. The van der Waals surface area contributed by atoms with Crippen molar-refractivity contribution >= 4 is 5.91 Å². The molecule has 1 atom stereocenters. The summed E-state index contributed by atoms with van der Waals surface area (Å²) < 4.78 is 13.5. The number of hydrogen-bond acceptors (Lipinski definition) is 3. The van der Waals surface area contributed by atoms with E-state index >= 15 is 0 Å². The fraction of sp³-hybridized carbons (Fsp3) is 0.308. The number of nitrogens with zero attached hydrogens (tertiary/aromatic N) is 2. The minimum Gasteiger partial charge on any atom is -0.343 e. The zero-order chi connectivity index (χ0) is 14.0. The number of H-pyrrole nitrogens is 1. The maximum atomic E-state index is 13.5. The van der Waals surface area contributed by atoms with Crippen LogP contribution in [0.25, 0.3) is 0 Å². The molecule has 1 aromatic heterocycles. The minimum absolute atomic E-state index is 0.0805. The van der Waals surface area contributed by atoms with Gasteiger partial charge in [-0.2, -0.15) is 0 Å². The molecule has 0 aliphatic rings. The molecule has 6 heteroatoms. The van der Waals surface area contributed by atoms with Crippen LogP contribution < -0.4 is 5.32 Å². The van der Waals surface area contributed by atoms with Gasteiger partial charge in [-0.15, -0.1) is 5.10 Å². The number of halogens is 1. The summed E-state index contributed by atoms with van der Waals surface area (Å²) in [6, 6.07) is 4.57. The van der Waals surface area contributed by atoms with Gasteiger partial charge in [-0.1, -0.05) is 12.1 Å². The molecule has 0 bridgehead atoms. The van der Waals surface area contributed by atoms with Crippen LogP contribution in [0, 0.1) is 19.7 Å². The summed E-state index contributed by atoms with van der Waals surface area (Å²) >= 11 is 0. The molecule has 1 aromatic carbocycles. The van der Waals surface area contributed by atoms with Crippen LogP contribution in [-0.4, -0.2) is 21.1 Å². The Balaban J connectivity index is 2.10. The van der Waals surface area contributed by atoms with Gasteiger partial charge in [0.25, 0.3) is 5.91 Å². The normalized spacial score (nSPS) is 12.2. The summed E-state index contributed by atoms with van der Waals surface area (Å²) in [6.07, 6.45) is 0. The first kappa shape index (κ1) is 13.2. The Morgan fingerprint density at radius 1 is 1.42 bits per heavy atom. The first-order valence-electron chi connectivity index (χ1n) is 5.93. The van der Waals surface area contributed by atoms with Crippen molar-refractivity contribution in [2.75, 3.05) is 0 Å². The average molecular weight is 262 g/mol. The summed E-state index contributed by atoms with van der Waals surface area (Å²) in [5.74, 6) is -0.0266. The largest absolute Gasteiger partial charge is 0.343 e. The molecular weight excluding hydrogens is 247 g/mol. The first-order chi connectivity index (χ1) is 8.97. The number of nitrogens with one attached hydrogen (secondary N) is 2. The van der Waals surface area contributed by atoms with E-state index in [2.05, 4.69) is 20.5 Å². The lowest BCUT2D eigenvalue weighted by Crippen LogP contribution is -2.27. The lowest BCUT2D eigenvalue weighted by atomic mass is 10.1. The highest BCUT2D eigenvalue weighted by Gasteiger charge is 2.15. The van der Waals surface area contributed by atoms with Crippen LogP contribution in [0.1, 0.15) is 40.5 Å². The summed E-state index contributed by atoms with van der Waals surface area (Å²) in [4.78, 5) is 15.8. The van der Waals surface area contributed by atoms with Crippen molar-refractivity contribution in [3.8, 4) is 0 Å². The number of amides is 1. The zero-order valence-corrected chi connectivity index (χ0v) is 11.0. The van der Waals surface area contributed by atoms with Gasteiger partial charge in [0.2, 0.25) is 5.82 Å².